The molecule has 2 heterocycles. The molecule has 1 unspecified atom stereocenters. The van der Waals surface area contributed by atoms with E-state index in [0.29, 0.717) is 18.4 Å². The first-order valence-corrected chi connectivity index (χ1v) is 22.5. The van der Waals surface area contributed by atoms with Gasteiger partial charge in [0, 0.05) is 29.3 Å². The lowest BCUT2D eigenvalue weighted by Crippen LogP contribution is -2.58. The van der Waals surface area contributed by atoms with Crippen LogP contribution in [0.5, 0.6) is 0 Å². The first-order chi connectivity index (χ1) is 29.2. The monoisotopic (exact) mass is 834 g/mol. The predicted molar refractivity (Wildman–Crippen MR) is 253 cm³/mol. The minimum Gasteiger partial charge on any atom is -0.328 e. The van der Waals surface area contributed by atoms with Gasteiger partial charge in [-0.3, -0.25) is 0 Å². The molecule has 8 rings (SSSR count). The lowest BCUT2D eigenvalue weighted by molar-refractivity contribution is -0.896. The summed E-state index contributed by atoms with van der Waals surface area (Å²) in [5, 5.41) is 3.62. The third kappa shape index (κ3) is 9.08. The Morgan fingerprint density at radius 3 is 1.16 bits per heavy atom. The molecule has 0 saturated carbocycles. The molecule has 0 bridgehead atoms. The van der Waals surface area contributed by atoms with Crippen molar-refractivity contribution in [3.8, 4) is 44.5 Å². The van der Waals surface area contributed by atoms with E-state index in [9.17, 15) is 13.2 Å². The van der Waals surface area contributed by atoms with Gasteiger partial charge in [-0.15, -0.1) is 0 Å². The molecule has 2 fully saturated rings. The largest absolute Gasteiger partial charge is 0.398 e. The van der Waals surface area contributed by atoms with Crippen molar-refractivity contribution in [2.45, 2.75) is 102 Å². The predicted octanol–water partition coefficient (Wildman–Crippen LogP) is 14.6. The number of hydrogen-bond donors (Lipinski definition) is 1. The third-order valence-corrected chi connectivity index (χ3v) is 14.4. The van der Waals surface area contributed by atoms with E-state index >= 15 is 0 Å². The minimum absolute atomic E-state index is 0.0418. The van der Waals surface area contributed by atoms with Crippen LogP contribution in [0.4, 0.5) is 13.2 Å². The molecule has 0 aromatic heterocycles. The van der Waals surface area contributed by atoms with Gasteiger partial charge in [0.2, 0.25) is 0 Å². The molecular weight excluding hydrogens is 770 g/mol. The summed E-state index contributed by atoms with van der Waals surface area (Å²) in [4.78, 5) is 0. The zero-order valence-corrected chi connectivity index (χ0v) is 38.0. The van der Waals surface area contributed by atoms with E-state index in [2.05, 4.69) is 175 Å². The summed E-state index contributed by atoms with van der Waals surface area (Å²) >= 11 is 0. The maximum atomic E-state index is 14.9. The average molecular weight is 834 g/mol. The molecule has 1 N–H and O–H groups in total. The Bertz CT molecular complexity index is 2430. The first-order valence-electron chi connectivity index (χ1n) is 22.5. The Labute approximate surface area is 368 Å². The first kappa shape index (κ1) is 43.7. The lowest BCUT2D eigenvalue weighted by atomic mass is 9.67. The fourth-order valence-electron chi connectivity index (χ4n) is 11.1. The molecule has 6 aromatic rings. The number of nitrogens with one attached hydrogen (secondary N) is 1. The van der Waals surface area contributed by atoms with Gasteiger partial charge >= 0.3 is 6.18 Å². The second kappa shape index (κ2) is 16.3. The van der Waals surface area contributed by atoms with Crippen LogP contribution in [0.2, 0.25) is 0 Å². The van der Waals surface area contributed by atoms with Crippen molar-refractivity contribution in [2.24, 2.45) is 5.92 Å². The number of halogens is 3. The molecule has 2 aliphatic heterocycles. The highest BCUT2D eigenvalue weighted by atomic mass is 19.4. The second-order valence-electron chi connectivity index (χ2n) is 20.9. The van der Waals surface area contributed by atoms with Crippen molar-refractivity contribution in [1.29, 1.82) is 0 Å². The van der Waals surface area contributed by atoms with E-state index in [4.69, 9.17) is 0 Å². The maximum absolute atomic E-state index is 14.9. The smallest absolute Gasteiger partial charge is 0.328 e. The minimum atomic E-state index is -4.36. The molecule has 322 valence electrons. The topological polar surface area (TPSA) is 12.0 Å². The van der Waals surface area contributed by atoms with Gasteiger partial charge in [-0.05, 0) is 128 Å². The summed E-state index contributed by atoms with van der Waals surface area (Å²) in [6, 6.07) is 51.6. The number of piperidine rings is 2. The molecule has 5 heteroatoms. The van der Waals surface area contributed by atoms with Crippen molar-refractivity contribution in [1.82, 2.24) is 5.32 Å². The highest BCUT2D eigenvalue weighted by Crippen LogP contribution is 2.49. The van der Waals surface area contributed by atoms with Crippen molar-refractivity contribution in [2.75, 3.05) is 27.2 Å². The molecule has 0 aliphatic carbocycles. The van der Waals surface area contributed by atoms with E-state index in [1.165, 1.54) is 45.9 Å². The summed E-state index contributed by atoms with van der Waals surface area (Å²) in [5.74, 6) is -0.0418. The Kier molecular flexibility index (Phi) is 11.5. The van der Waals surface area contributed by atoms with E-state index in [-0.39, 0.29) is 28.8 Å². The number of quaternary nitrogens is 1. The van der Waals surface area contributed by atoms with Crippen LogP contribution in [-0.4, -0.2) is 48.9 Å². The van der Waals surface area contributed by atoms with Crippen LogP contribution in [0.1, 0.15) is 89.0 Å². The number of hydrogen-bond acceptors (Lipinski definition) is 1. The third-order valence-electron chi connectivity index (χ3n) is 14.4. The second-order valence-corrected chi connectivity index (χ2v) is 20.9. The van der Waals surface area contributed by atoms with E-state index in [1.54, 1.807) is 12.1 Å². The Hall–Kier alpha value is -4.97. The van der Waals surface area contributed by atoms with Gasteiger partial charge in [-0.25, -0.2) is 0 Å². The van der Waals surface area contributed by atoms with Gasteiger partial charge in [-0.2, -0.15) is 13.2 Å². The number of aryl methyl sites for hydroxylation is 1. The molecule has 0 radical (unpaired) electrons. The van der Waals surface area contributed by atoms with Crippen molar-refractivity contribution < 1.29 is 17.7 Å². The summed E-state index contributed by atoms with van der Waals surface area (Å²) in [7, 11) is 4.68. The fourth-order valence-corrected chi connectivity index (χ4v) is 11.1. The number of alkyl halides is 3. The summed E-state index contributed by atoms with van der Waals surface area (Å²) in [5.41, 5.74) is 11.0. The SMILES string of the molecule is Cc1ccc(-c2ccc(-c3ccc(C4(c5ccc(-c6ccc(-c7ccc(C(C)(CC8CC(C)(C)NC(C)(C)C8)C(F)(F)F)cc7)cc6)cc5)CC[N+](C)(C)CC4)cc3)cc2)cc1. The number of rotatable bonds is 9. The molecule has 2 saturated heterocycles. The summed E-state index contributed by atoms with van der Waals surface area (Å²) in [6.07, 6.45) is -0.700. The zero-order valence-electron chi connectivity index (χ0n) is 38.0. The van der Waals surface area contributed by atoms with Crippen LogP contribution in [0.3, 0.4) is 0 Å². The zero-order chi connectivity index (χ0) is 44.1. The Morgan fingerprint density at radius 2 is 0.823 bits per heavy atom. The Balaban J connectivity index is 0.991. The standard InChI is InChI=1S/C57H64F3N2/c1-40-9-11-42(12-10-40)43-13-15-45(16-14-43)48-23-29-51(30-24-48)56(33-35-62(7,8)36-34-56)52-31-25-49(26-32-52)46-19-17-44(18-20-46)47-21-27-50(28-22-47)55(6,57(58,59)60)39-41-37-53(2,3)61-54(4,5)38-41/h9-32,41,61H,33-39H2,1-8H3/q+1. The normalized spacial score (nSPS) is 19.4. The lowest BCUT2D eigenvalue weighted by Gasteiger charge is -2.48. The number of nitrogens with zero attached hydrogens (tertiary/aromatic N) is 1. The maximum Gasteiger partial charge on any atom is 0.398 e. The van der Waals surface area contributed by atoms with Crippen LogP contribution in [0, 0.1) is 12.8 Å². The molecule has 1 atom stereocenters. The van der Waals surface area contributed by atoms with Crippen LogP contribution in [0.25, 0.3) is 44.5 Å². The van der Waals surface area contributed by atoms with Crippen LogP contribution < -0.4 is 5.32 Å². The van der Waals surface area contributed by atoms with Crippen molar-refractivity contribution >= 4 is 0 Å². The fraction of sp³-hybridized carbons (Fsp3) is 0.368. The van der Waals surface area contributed by atoms with E-state index < -0.39 is 11.6 Å². The van der Waals surface area contributed by atoms with Gasteiger partial charge in [0.1, 0.15) is 0 Å². The van der Waals surface area contributed by atoms with Crippen molar-refractivity contribution in [3.63, 3.8) is 0 Å². The molecule has 2 nitrogen and oxygen atoms in total. The molecule has 0 amide bonds. The molecule has 6 aromatic carbocycles. The van der Waals surface area contributed by atoms with E-state index in [0.717, 1.165) is 52.7 Å². The van der Waals surface area contributed by atoms with Gasteiger partial charge in [-0.1, -0.05) is 151 Å². The van der Waals surface area contributed by atoms with Crippen molar-refractivity contribution in [3.05, 3.63) is 168 Å². The van der Waals surface area contributed by atoms with Gasteiger partial charge in [0.15, 0.2) is 0 Å². The van der Waals surface area contributed by atoms with Gasteiger partial charge in [0.25, 0.3) is 0 Å². The van der Waals surface area contributed by atoms with Crippen LogP contribution in [0.15, 0.2) is 146 Å². The summed E-state index contributed by atoms with van der Waals surface area (Å²) in [6.45, 7) is 14.1. The molecule has 62 heavy (non-hydrogen) atoms. The molecule has 0 spiro atoms. The average Bonchev–Trinajstić information content (AvgIpc) is 3.23. The van der Waals surface area contributed by atoms with Gasteiger partial charge < -0.3 is 9.80 Å². The van der Waals surface area contributed by atoms with E-state index in [1.807, 2.05) is 12.1 Å². The number of likely N-dealkylation sites (tertiary alicyclic amines) is 1. The molecule has 2 aliphatic rings. The highest BCUT2D eigenvalue weighted by Gasteiger charge is 2.54. The van der Waals surface area contributed by atoms with Crippen LogP contribution >= 0.6 is 0 Å². The Morgan fingerprint density at radius 1 is 0.516 bits per heavy atom. The summed E-state index contributed by atoms with van der Waals surface area (Å²) < 4.78 is 45.9. The molecular formula is C57H64F3N2+. The van der Waals surface area contributed by atoms with Gasteiger partial charge in [0.05, 0.1) is 32.6 Å². The number of benzene rings is 6. The van der Waals surface area contributed by atoms with Crippen LogP contribution in [-0.2, 0) is 10.8 Å². The highest BCUT2D eigenvalue weighted by molar-refractivity contribution is 5.72. The quantitative estimate of drug-likeness (QED) is 0.143.